The summed E-state index contributed by atoms with van der Waals surface area (Å²) in [6.45, 7) is 1.61. The van der Waals surface area contributed by atoms with Crippen molar-refractivity contribution in [2.24, 2.45) is 0 Å². The molecule has 0 bridgehead atoms. The quantitative estimate of drug-likeness (QED) is 0.687. The van der Waals surface area contributed by atoms with Gasteiger partial charge in [-0.2, -0.15) is 0 Å². The van der Waals surface area contributed by atoms with Crippen LogP contribution in [0.2, 0.25) is 0 Å². The zero-order chi connectivity index (χ0) is 15.7. The van der Waals surface area contributed by atoms with Crippen molar-refractivity contribution in [1.82, 2.24) is 14.5 Å². The first-order valence-corrected chi connectivity index (χ1v) is 7.08. The molecule has 3 aromatic heterocycles. The number of hydrogen-bond acceptors (Lipinski definition) is 6. The zero-order valence-electron chi connectivity index (χ0n) is 12.1. The second-order valence-corrected chi connectivity index (χ2v) is 5.39. The van der Waals surface area contributed by atoms with E-state index in [1.54, 1.807) is 30.6 Å². The molecule has 0 fully saturated rings. The molecular weight excluding hydrogens is 290 g/mol. The lowest BCUT2D eigenvalue weighted by Crippen LogP contribution is -1.93. The van der Waals surface area contributed by atoms with Crippen LogP contribution >= 0.6 is 11.3 Å². The van der Waals surface area contributed by atoms with E-state index in [2.05, 4.69) is 15.1 Å². The molecule has 21 heavy (non-hydrogen) atoms. The molecule has 0 radical (unpaired) electrons. The fraction of sp³-hybridized carbons (Fsp3) is 0.143. The number of hydrogen-bond donors (Lipinski definition) is 3. The average Bonchev–Trinajstić information content (AvgIpc) is 3.13. The number of aromatic nitrogens is 3. The van der Waals surface area contributed by atoms with Crippen LogP contribution in [-0.4, -0.2) is 31.3 Å². The Hall–Kier alpha value is -2.38. The van der Waals surface area contributed by atoms with Crippen molar-refractivity contribution in [3.63, 3.8) is 0 Å². The lowest BCUT2D eigenvalue weighted by Gasteiger charge is -2.02. The Morgan fingerprint density at radius 1 is 1.43 bits per heavy atom. The van der Waals surface area contributed by atoms with Gasteiger partial charge in [-0.3, -0.25) is 4.98 Å². The molecule has 0 saturated carbocycles. The van der Waals surface area contributed by atoms with Gasteiger partial charge in [-0.1, -0.05) is 0 Å². The van der Waals surface area contributed by atoms with E-state index in [4.69, 9.17) is 6.54 Å². The molecule has 0 atom stereocenters. The third-order valence-electron chi connectivity index (χ3n) is 3.08. The van der Waals surface area contributed by atoms with Gasteiger partial charge in [0.05, 0.1) is 12.3 Å². The maximum Gasteiger partial charge on any atom is 0.295 e. The lowest BCUT2D eigenvalue weighted by atomic mass is 10.2. The maximum atomic E-state index is 10.1. The fourth-order valence-electron chi connectivity index (χ4n) is 1.96. The van der Waals surface area contributed by atoms with E-state index in [1.807, 2.05) is 6.07 Å². The number of thiazole rings is 1. The van der Waals surface area contributed by atoms with Crippen molar-refractivity contribution in [2.45, 2.75) is 13.5 Å². The van der Waals surface area contributed by atoms with E-state index < -0.39 is 0 Å². The van der Waals surface area contributed by atoms with Gasteiger partial charge in [0.1, 0.15) is 5.01 Å². The Labute approximate surface area is 126 Å². The summed E-state index contributed by atoms with van der Waals surface area (Å²) in [5.41, 5.74) is 2.00. The van der Waals surface area contributed by atoms with E-state index in [0.29, 0.717) is 22.1 Å². The highest BCUT2D eigenvalue weighted by Crippen LogP contribution is 2.33. The molecule has 0 aromatic carbocycles. The number of nitrogens with zero attached hydrogens (tertiary/aromatic N) is 3. The number of aliphatic hydroxyl groups is 1. The van der Waals surface area contributed by atoms with Crippen LogP contribution in [-0.2, 0) is 6.61 Å². The highest BCUT2D eigenvalue weighted by atomic mass is 32.1. The Bertz CT molecular complexity index is 798. The number of aromatic hydroxyl groups is 2. The van der Waals surface area contributed by atoms with Gasteiger partial charge in [-0.25, -0.2) is 9.55 Å². The average molecular weight is 304 g/mol. The van der Waals surface area contributed by atoms with Crippen molar-refractivity contribution in [2.75, 3.05) is 0 Å². The van der Waals surface area contributed by atoms with Crippen LogP contribution in [0.25, 0.3) is 16.4 Å². The zero-order valence-corrected chi connectivity index (χ0v) is 12.0. The minimum absolute atomic E-state index is 0.00662. The summed E-state index contributed by atoms with van der Waals surface area (Å²) >= 11 is 1.39. The van der Waals surface area contributed by atoms with Crippen LogP contribution in [0.3, 0.4) is 0 Å². The minimum Gasteiger partial charge on any atom is -0.494 e. The molecule has 0 aliphatic rings. The van der Waals surface area contributed by atoms with Gasteiger partial charge in [0.2, 0.25) is 5.88 Å². The largest absolute Gasteiger partial charge is 0.494 e. The van der Waals surface area contributed by atoms with Crippen LogP contribution in [0.1, 0.15) is 11.3 Å². The predicted octanol–water partition coefficient (Wildman–Crippen LogP) is 2.21. The normalized spacial score (nSPS) is 11.4. The standard InChI is InChI=1S/C14H13N3O3S/c1-8-4-12(19)17(14(8)20)11-7-21-13(16-11)9-2-3-10(6-18)15-5-9/h2-5,7,18-20H,6H2,1H3/i/hD. The second kappa shape index (κ2) is 5.19. The summed E-state index contributed by atoms with van der Waals surface area (Å²) in [7, 11) is 0. The summed E-state index contributed by atoms with van der Waals surface area (Å²) in [6, 6.07) is 5.12. The molecule has 7 heteroatoms. The molecule has 6 nitrogen and oxygen atoms in total. The fourth-order valence-corrected chi connectivity index (χ4v) is 2.74. The molecule has 108 valence electrons. The number of aliphatic hydroxyl groups excluding tert-OH is 1. The molecule has 0 saturated heterocycles. The summed E-state index contributed by atoms with van der Waals surface area (Å²) in [6.07, 6.45) is 1.64. The molecule has 0 amide bonds. The summed E-state index contributed by atoms with van der Waals surface area (Å²) in [4.78, 5) is 8.56. The van der Waals surface area contributed by atoms with Gasteiger partial charge in [0.15, 0.2) is 11.7 Å². The highest BCUT2D eigenvalue weighted by Gasteiger charge is 2.15. The highest BCUT2D eigenvalue weighted by molar-refractivity contribution is 7.13. The van der Waals surface area contributed by atoms with E-state index in [0.717, 1.165) is 5.56 Å². The predicted molar refractivity (Wildman–Crippen MR) is 78.7 cm³/mol. The third-order valence-corrected chi connectivity index (χ3v) is 3.96. The summed E-state index contributed by atoms with van der Waals surface area (Å²) < 4.78 is 8.44. The first kappa shape index (κ1) is 12.4. The molecular formula is C14H13N3O3S. The molecule has 3 N–H and O–H groups in total. The smallest absolute Gasteiger partial charge is 0.295 e. The van der Waals surface area contributed by atoms with E-state index in [1.165, 1.54) is 15.9 Å². The van der Waals surface area contributed by atoms with Crippen LogP contribution in [0, 0.1) is 6.92 Å². The molecule has 3 rings (SSSR count). The number of pyridine rings is 1. The molecule has 3 aromatic rings. The lowest BCUT2D eigenvalue weighted by molar-refractivity contribution is 0.277. The van der Waals surface area contributed by atoms with E-state index in [-0.39, 0.29) is 18.4 Å². The Balaban J connectivity index is 2.00. The van der Waals surface area contributed by atoms with Gasteiger partial charge in [0.25, 0.3) is 1.43 Å². The van der Waals surface area contributed by atoms with Crippen molar-refractivity contribution in [1.29, 1.82) is 1.43 Å². The topological polar surface area (TPSA) is 91.4 Å². The van der Waals surface area contributed by atoms with Crippen molar-refractivity contribution in [3.8, 4) is 28.1 Å². The first-order valence-electron chi connectivity index (χ1n) is 6.61. The molecule has 0 unspecified atom stereocenters. The molecule has 0 spiro atoms. The van der Waals surface area contributed by atoms with Crippen LogP contribution in [0.5, 0.6) is 11.8 Å². The van der Waals surface area contributed by atoms with Crippen LogP contribution < -0.4 is 0 Å². The Kier molecular flexibility index (Phi) is 3.06. The second-order valence-electron chi connectivity index (χ2n) is 4.53. The Morgan fingerprint density at radius 3 is 2.95 bits per heavy atom. The third kappa shape index (κ3) is 2.37. The van der Waals surface area contributed by atoms with Gasteiger partial charge >= 0.3 is 0 Å². The van der Waals surface area contributed by atoms with Crippen molar-refractivity contribution >= 4 is 11.3 Å². The number of rotatable bonds is 4. The van der Waals surface area contributed by atoms with Gasteiger partial charge < -0.3 is 15.3 Å². The SMILES string of the molecule is [2H]Oc1cc(C)c(O)n1-c1csc(-c2ccc(CO)nc2)n1. The van der Waals surface area contributed by atoms with Gasteiger partial charge in [0, 0.05) is 28.8 Å². The first-order chi connectivity index (χ1) is 10.6. The van der Waals surface area contributed by atoms with Crippen LogP contribution in [0.4, 0.5) is 0 Å². The minimum atomic E-state index is -0.107. The summed E-state index contributed by atoms with van der Waals surface area (Å²) in [5.74, 6) is 0.660. The van der Waals surface area contributed by atoms with E-state index >= 15 is 0 Å². The van der Waals surface area contributed by atoms with Crippen molar-refractivity contribution in [3.05, 3.63) is 41.0 Å². The van der Waals surface area contributed by atoms with Crippen LogP contribution in [0.15, 0.2) is 29.8 Å². The molecule has 0 aliphatic carbocycles. The Morgan fingerprint density at radius 2 is 2.29 bits per heavy atom. The van der Waals surface area contributed by atoms with Gasteiger partial charge in [-0.05, 0) is 19.1 Å². The maximum absolute atomic E-state index is 10.1. The monoisotopic (exact) mass is 304 g/mol. The van der Waals surface area contributed by atoms with Crippen molar-refractivity contribution < 1.29 is 15.3 Å². The summed E-state index contributed by atoms with van der Waals surface area (Å²) in [5, 5.41) is 26.1. The number of aryl methyl sites for hydroxylation is 1. The van der Waals surface area contributed by atoms with E-state index in [9.17, 15) is 5.11 Å². The van der Waals surface area contributed by atoms with Gasteiger partial charge in [-0.15, -0.1) is 11.3 Å². The molecule has 3 heterocycles. The molecule has 0 aliphatic heterocycles.